The number of carboxylic acid groups (broad SMARTS) is 1. The Morgan fingerprint density at radius 2 is 1.86 bits per heavy atom. The number of carboxylic acids is 1. The summed E-state index contributed by atoms with van der Waals surface area (Å²) >= 11 is 14.6. The van der Waals surface area contributed by atoms with Gasteiger partial charge in [0.1, 0.15) is 6.54 Å². The Morgan fingerprint density at radius 1 is 1.11 bits per heavy atom. The molecule has 0 saturated carbocycles. The molecule has 2 N–H and O–H groups in total. The normalized spacial score (nSPS) is 14.5. The van der Waals surface area contributed by atoms with Crippen molar-refractivity contribution in [1.82, 2.24) is 14.8 Å². The molecule has 10 heteroatoms. The first kappa shape index (κ1) is 26.1. The van der Waals surface area contributed by atoms with E-state index in [1.54, 1.807) is 11.0 Å². The largest absolute Gasteiger partial charge is 0.480 e. The maximum absolute atomic E-state index is 12.7. The van der Waals surface area contributed by atoms with Crippen molar-refractivity contribution >= 4 is 69.7 Å². The van der Waals surface area contributed by atoms with Gasteiger partial charge in [-0.05, 0) is 54.8 Å². The van der Waals surface area contributed by atoms with E-state index in [1.165, 1.54) is 17.8 Å². The van der Waals surface area contributed by atoms with Gasteiger partial charge in [-0.3, -0.25) is 14.4 Å². The molecular formula is C26H25Cl2N3O4S. The predicted octanol–water partition coefficient (Wildman–Crippen LogP) is 5.09. The third-order valence-electron chi connectivity index (χ3n) is 6.16. The molecule has 1 fully saturated rings. The number of rotatable bonds is 7. The molecule has 36 heavy (non-hydrogen) atoms. The number of carbonyl (C=O) groups is 3. The fourth-order valence-electron chi connectivity index (χ4n) is 4.14. The van der Waals surface area contributed by atoms with Crippen molar-refractivity contribution in [2.75, 3.05) is 19.6 Å². The quantitative estimate of drug-likeness (QED) is 0.403. The van der Waals surface area contributed by atoms with Crippen molar-refractivity contribution in [3.05, 3.63) is 64.3 Å². The number of piperidine rings is 1. The number of benzene rings is 2. The number of aryl methyl sites for hydroxylation is 1. The van der Waals surface area contributed by atoms with Gasteiger partial charge in [-0.2, -0.15) is 0 Å². The average Bonchev–Trinajstić information content (AvgIpc) is 3.24. The van der Waals surface area contributed by atoms with Gasteiger partial charge in [0.25, 0.3) is 0 Å². The van der Waals surface area contributed by atoms with Gasteiger partial charge in [0, 0.05) is 59.0 Å². The van der Waals surface area contributed by atoms with Crippen molar-refractivity contribution in [2.45, 2.75) is 22.6 Å². The highest BCUT2D eigenvalue weighted by molar-refractivity contribution is 7.99. The van der Waals surface area contributed by atoms with E-state index in [0.29, 0.717) is 41.5 Å². The number of hydrogen-bond acceptors (Lipinski definition) is 4. The second-order valence-corrected chi connectivity index (χ2v) is 10.4. The Morgan fingerprint density at radius 3 is 2.58 bits per heavy atom. The zero-order valence-corrected chi connectivity index (χ0v) is 21.9. The van der Waals surface area contributed by atoms with Crippen molar-refractivity contribution < 1.29 is 19.5 Å². The van der Waals surface area contributed by atoms with Crippen LogP contribution in [0.15, 0.2) is 58.5 Å². The van der Waals surface area contributed by atoms with Crippen LogP contribution in [0.4, 0.5) is 0 Å². The molecule has 188 valence electrons. The van der Waals surface area contributed by atoms with E-state index in [1.807, 2.05) is 31.4 Å². The van der Waals surface area contributed by atoms with E-state index in [2.05, 4.69) is 28.1 Å². The number of aromatic nitrogens is 1. The summed E-state index contributed by atoms with van der Waals surface area (Å²) in [5.41, 5.74) is 1.79. The first-order valence-corrected chi connectivity index (χ1v) is 13.0. The maximum atomic E-state index is 12.7. The van der Waals surface area contributed by atoms with E-state index in [0.717, 1.165) is 20.7 Å². The van der Waals surface area contributed by atoms with Crippen LogP contribution in [0.5, 0.6) is 0 Å². The Kier molecular flexibility index (Phi) is 8.28. The fraction of sp³-hybridized carbons (Fsp3) is 0.269. The van der Waals surface area contributed by atoms with Gasteiger partial charge in [0.15, 0.2) is 0 Å². The van der Waals surface area contributed by atoms with Crippen LogP contribution in [-0.2, 0) is 21.4 Å². The number of nitrogens with zero attached hydrogens (tertiary/aromatic N) is 2. The van der Waals surface area contributed by atoms with Crippen molar-refractivity contribution in [3.8, 4) is 0 Å². The lowest BCUT2D eigenvalue weighted by atomic mass is 9.96. The number of amides is 2. The van der Waals surface area contributed by atoms with E-state index in [9.17, 15) is 14.4 Å². The maximum Gasteiger partial charge on any atom is 0.322 e. The number of carbonyl (C=O) groups excluding carboxylic acids is 2. The highest BCUT2D eigenvalue weighted by atomic mass is 35.5. The minimum absolute atomic E-state index is 0.179. The standard InChI is InChI=1S/C26H25Cl2N3O4S/c1-30-11-8-18-14-19(4-5-20(18)30)36-21-6-2-16(24(27)25(21)28)3-7-22(32)31-12-9-17(10-13-31)26(35)29-15-23(33)34/h2-8,11,14,17H,9-10,12-13,15H2,1H3,(H,29,35)(H,33,34). The Labute approximate surface area is 223 Å². The van der Waals surface area contributed by atoms with Crippen LogP contribution in [-0.4, -0.2) is 52.0 Å². The molecule has 2 heterocycles. The number of likely N-dealkylation sites (tertiary alicyclic amines) is 1. The molecule has 0 spiro atoms. The third-order valence-corrected chi connectivity index (χ3v) is 8.22. The first-order chi connectivity index (χ1) is 17.2. The molecular weight excluding hydrogens is 521 g/mol. The SMILES string of the molecule is Cn1ccc2cc(Sc3ccc(C=CC(=O)N4CCC(C(=O)NCC(=O)O)CC4)c(Cl)c3Cl)ccc21. The van der Waals surface area contributed by atoms with Gasteiger partial charge in [-0.1, -0.05) is 41.0 Å². The van der Waals surface area contributed by atoms with Crippen LogP contribution in [0.3, 0.4) is 0 Å². The molecule has 7 nitrogen and oxygen atoms in total. The monoisotopic (exact) mass is 545 g/mol. The zero-order valence-electron chi connectivity index (χ0n) is 19.5. The predicted molar refractivity (Wildman–Crippen MR) is 142 cm³/mol. The van der Waals surface area contributed by atoms with Crippen molar-refractivity contribution in [2.24, 2.45) is 13.0 Å². The number of halogens is 2. The summed E-state index contributed by atoms with van der Waals surface area (Å²) in [6.45, 7) is 0.442. The summed E-state index contributed by atoms with van der Waals surface area (Å²) in [6.07, 6.45) is 6.09. The molecule has 0 unspecified atom stereocenters. The lowest BCUT2D eigenvalue weighted by Gasteiger charge is -2.30. The molecule has 1 aromatic heterocycles. The van der Waals surface area contributed by atoms with E-state index in [-0.39, 0.29) is 17.7 Å². The molecule has 2 aromatic carbocycles. The minimum atomic E-state index is -1.08. The summed E-state index contributed by atoms with van der Waals surface area (Å²) in [4.78, 5) is 38.8. The average molecular weight is 546 g/mol. The van der Waals surface area contributed by atoms with Gasteiger partial charge in [0.2, 0.25) is 11.8 Å². The second kappa shape index (κ2) is 11.4. The third kappa shape index (κ3) is 6.06. The van der Waals surface area contributed by atoms with Crippen molar-refractivity contribution in [3.63, 3.8) is 0 Å². The highest BCUT2D eigenvalue weighted by Crippen LogP contribution is 2.40. The molecule has 4 rings (SSSR count). The number of nitrogens with one attached hydrogen (secondary N) is 1. The second-order valence-electron chi connectivity index (χ2n) is 8.57. The Bertz CT molecular complexity index is 1350. The Hall–Kier alpha value is -2.94. The smallest absolute Gasteiger partial charge is 0.322 e. The van der Waals surface area contributed by atoms with Gasteiger partial charge < -0.3 is 19.9 Å². The Balaban J connectivity index is 1.36. The van der Waals surface area contributed by atoms with Crippen LogP contribution in [0.1, 0.15) is 18.4 Å². The van der Waals surface area contributed by atoms with Crippen LogP contribution in [0.25, 0.3) is 17.0 Å². The van der Waals surface area contributed by atoms with Gasteiger partial charge in [-0.15, -0.1) is 0 Å². The topological polar surface area (TPSA) is 91.6 Å². The van der Waals surface area contributed by atoms with Gasteiger partial charge in [-0.25, -0.2) is 0 Å². The summed E-state index contributed by atoms with van der Waals surface area (Å²) < 4.78 is 2.07. The van der Waals surface area contributed by atoms with Gasteiger partial charge in [0.05, 0.1) is 10.0 Å². The molecule has 2 amide bonds. The van der Waals surface area contributed by atoms with E-state index < -0.39 is 12.5 Å². The zero-order chi connectivity index (χ0) is 25.8. The molecule has 3 aromatic rings. The molecule has 1 saturated heterocycles. The minimum Gasteiger partial charge on any atom is -0.480 e. The molecule has 1 aliphatic rings. The molecule has 0 atom stereocenters. The van der Waals surface area contributed by atoms with Crippen LogP contribution in [0, 0.1) is 5.92 Å². The van der Waals surface area contributed by atoms with Crippen LogP contribution in [0.2, 0.25) is 10.0 Å². The van der Waals surface area contributed by atoms with Crippen LogP contribution < -0.4 is 5.32 Å². The lowest BCUT2D eigenvalue weighted by Crippen LogP contribution is -2.43. The van der Waals surface area contributed by atoms with E-state index >= 15 is 0 Å². The summed E-state index contributed by atoms with van der Waals surface area (Å²) in [7, 11) is 2.01. The van der Waals surface area contributed by atoms with Gasteiger partial charge >= 0.3 is 5.97 Å². The number of aliphatic carboxylic acids is 1. The summed E-state index contributed by atoms with van der Waals surface area (Å²) in [6, 6.07) is 12.0. The molecule has 0 bridgehead atoms. The lowest BCUT2D eigenvalue weighted by molar-refractivity contribution is -0.139. The summed E-state index contributed by atoms with van der Waals surface area (Å²) in [5, 5.41) is 13.0. The first-order valence-electron chi connectivity index (χ1n) is 11.4. The summed E-state index contributed by atoms with van der Waals surface area (Å²) in [5.74, 6) is -1.84. The molecule has 1 aliphatic heterocycles. The molecule has 0 radical (unpaired) electrons. The van der Waals surface area contributed by atoms with E-state index in [4.69, 9.17) is 28.3 Å². The number of hydrogen-bond donors (Lipinski definition) is 2. The van der Waals surface area contributed by atoms with Crippen LogP contribution >= 0.6 is 35.0 Å². The van der Waals surface area contributed by atoms with Crippen molar-refractivity contribution in [1.29, 1.82) is 0 Å². The number of fused-ring (bicyclic) bond motifs is 1. The highest BCUT2D eigenvalue weighted by Gasteiger charge is 2.26. The fourth-order valence-corrected chi connectivity index (χ4v) is 5.62. The molecule has 0 aliphatic carbocycles.